The van der Waals surface area contributed by atoms with Gasteiger partial charge in [-0.05, 0) is 44.5 Å². The Hall–Kier alpha value is -2.56. The Morgan fingerprint density at radius 1 is 0.625 bits per heavy atom. The molecular weight excluding hydrogens is 304 g/mol. The highest BCUT2D eigenvalue weighted by atomic mass is 28.3. The lowest BCUT2D eigenvalue weighted by molar-refractivity contribution is 1.71. The second-order valence-corrected chi connectivity index (χ2v) is 12.1. The fourth-order valence-corrected chi connectivity index (χ4v) is 3.69. The van der Waals surface area contributed by atoms with E-state index in [1.54, 1.807) is 0 Å². The van der Waals surface area contributed by atoms with Crippen molar-refractivity contribution in [2.45, 2.75) is 19.6 Å². The maximum atomic E-state index is 3.45. The van der Waals surface area contributed by atoms with Crippen LogP contribution in [0.5, 0.6) is 0 Å². The number of fused-ring (bicyclic) bond motifs is 5. The summed E-state index contributed by atoms with van der Waals surface area (Å²) in [4.78, 5) is 0. The quantitative estimate of drug-likeness (QED) is 0.200. The van der Waals surface area contributed by atoms with E-state index in [-0.39, 0.29) is 0 Å². The summed E-state index contributed by atoms with van der Waals surface area (Å²) in [7, 11) is -1.34. The van der Waals surface area contributed by atoms with E-state index in [4.69, 9.17) is 0 Å². The molecule has 24 heavy (non-hydrogen) atoms. The van der Waals surface area contributed by atoms with Crippen LogP contribution in [0.2, 0.25) is 19.6 Å². The van der Waals surface area contributed by atoms with E-state index < -0.39 is 8.07 Å². The molecule has 0 nitrogen and oxygen atoms in total. The van der Waals surface area contributed by atoms with Crippen molar-refractivity contribution in [1.29, 1.82) is 0 Å². The molecule has 4 rings (SSSR count). The Labute approximate surface area is 144 Å². The molecule has 0 aliphatic rings. The molecule has 0 saturated carbocycles. The Morgan fingerprint density at radius 3 is 2.00 bits per heavy atom. The smallest absolute Gasteiger partial charge is 0.127 e. The average Bonchev–Trinajstić information content (AvgIpc) is 2.58. The van der Waals surface area contributed by atoms with Crippen LogP contribution in [0.3, 0.4) is 0 Å². The predicted molar refractivity (Wildman–Crippen MR) is 109 cm³/mol. The van der Waals surface area contributed by atoms with Gasteiger partial charge in [0, 0.05) is 5.56 Å². The highest BCUT2D eigenvalue weighted by molar-refractivity contribution is 6.83. The SMILES string of the molecule is C[Si](C)(C)C#Cc1ccc2c(ccc3c4ccccc4ccc23)c1. The van der Waals surface area contributed by atoms with E-state index in [9.17, 15) is 0 Å². The van der Waals surface area contributed by atoms with Gasteiger partial charge in [0.15, 0.2) is 0 Å². The summed E-state index contributed by atoms with van der Waals surface area (Å²) in [5, 5.41) is 7.82. The monoisotopic (exact) mass is 324 g/mol. The van der Waals surface area contributed by atoms with Gasteiger partial charge in [0.25, 0.3) is 0 Å². The number of hydrogen-bond donors (Lipinski definition) is 0. The molecule has 0 bridgehead atoms. The standard InChI is InChI=1S/C23H20Si/c1-24(2,3)15-14-17-8-11-21-19(16-17)10-13-22-20-7-5-4-6-18(20)9-12-23(21)22/h4-13,16H,1-3H3. The lowest BCUT2D eigenvalue weighted by atomic mass is 9.96. The number of rotatable bonds is 0. The van der Waals surface area contributed by atoms with Gasteiger partial charge in [-0.1, -0.05) is 80.2 Å². The van der Waals surface area contributed by atoms with Gasteiger partial charge in [0.2, 0.25) is 0 Å². The first-order chi connectivity index (χ1) is 11.5. The molecule has 116 valence electrons. The first-order valence-electron chi connectivity index (χ1n) is 8.39. The predicted octanol–water partition coefficient (Wildman–Crippen LogP) is 6.38. The fourth-order valence-electron chi connectivity index (χ4n) is 3.17. The summed E-state index contributed by atoms with van der Waals surface area (Å²) in [6, 6.07) is 24.1. The van der Waals surface area contributed by atoms with Gasteiger partial charge >= 0.3 is 0 Å². The summed E-state index contributed by atoms with van der Waals surface area (Å²) < 4.78 is 0. The zero-order valence-corrected chi connectivity index (χ0v) is 15.4. The van der Waals surface area contributed by atoms with Gasteiger partial charge in [0.05, 0.1) is 0 Å². The van der Waals surface area contributed by atoms with Crippen LogP contribution < -0.4 is 0 Å². The van der Waals surface area contributed by atoms with Gasteiger partial charge in [0.1, 0.15) is 8.07 Å². The second-order valence-electron chi connectivity index (χ2n) is 7.38. The summed E-state index contributed by atoms with van der Waals surface area (Å²) >= 11 is 0. The van der Waals surface area contributed by atoms with E-state index >= 15 is 0 Å². The Morgan fingerprint density at radius 2 is 1.25 bits per heavy atom. The molecule has 0 atom stereocenters. The lowest BCUT2D eigenvalue weighted by Gasteiger charge is -2.08. The summed E-state index contributed by atoms with van der Waals surface area (Å²) in [6.45, 7) is 6.83. The van der Waals surface area contributed by atoms with E-state index in [0.717, 1.165) is 5.56 Å². The molecule has 0 aromatic heterocycles. The van der Waals surface area contributed by atoms with Crippen LogP contribution in [0.4, 0.5) is 0 Å². The molecule has 0 fully saturated rings. The molecule has 0 amide bonds. The molecule has 0 N–H and O–H groups in total. The van der Waals surface area contributed by atoms with Crippen molar-refractivity contribution in [3.8, 4) is 11.5 Å². The van der Waals surface area contributed by atoms with Gasteiger partial charge < -0.3 is 0 Å². The average molecular weight is 324 g/mol. The minimum atomic E-state index is -1.34. The van der Waals surface area contributed by atoms with Crippen molar-refractivity contribution < 1.29 is 0 Å². The highest BCUT2D eigenvalue weighted by Gasteiger charge is 2.08. The number of benzene rings is 4. The van der Waals surface area contributed by atoms with Gasteiger partial charge in [-0.25, -0.2) is 0 Å². The molecule has 4 aromatic rings. The third-order valence-corrected chi connectivity index (χ3v) is 5.20. The third kappa shape index (κ3) is 2.70. The van der Waals surface area contributed by atoms with Crippen molar-refractivity contribution in [3.63, 3.8) is 0 Å². The van der Waals surface area contributed by atoms with Crippen LogP contribution in [0.25, 0.3) is 32.3 Å². The zero-order chi connectivity index (χ0) is 16.7. The van der Waals surface area contributed by atoms with E-state index in [0.29, 0.717) is 0 Å². The molecule has 1 heteroatoms. The van der Waals surface area contributed by atoms with Crippen molar-refractivity contribution in [3.05, 3.63) is 72.3 Å². The first kappa shape index (κ1) is 15.0. The maximum Gasteiger partial charge on any atom is 0.129 e. The molecule has 0 saturated heterocycles. The Balaban J connectivity index is 1.95. The molecular formula is C23H20Si. The van der Waals surface area contributed by atoms with Crippen LogP contribution in [0.1, 0.15) is 5.56 Å². The van der Waals surface area contributed by atoms with Crippen LogP contribution in [-0.4, -0.2) is 8.07 Å². The minimum absolute atomic E-state index is 1.12. The Bertz CT molecular complexity index is 1130. The van der Waals surface area contributed by atoms with Crippen molar-refractivity contribution in [2.75, 3.05) is 0 Å². The third-order valence-electron chi connectivity index (χ3n) is 4.32. The summed E-state index contributed by atoms with van der Waals surface area (Å²) in [5.41, 5.74) is 4.57. The fraction of sp³-hybridized carbons (Fsp3) is 0.130. The van der Waals surface area contributed by atoms with Crippen molar-refractivity contribution in [2.24, 2.45) is 0 Å². The lowest BCUT2D eigenvalue weighted by Crippen LogP contribution is -2.16. The normalized spacial score (nSPS) is 11.6. The van der Waals surface area contributed by atoms with Gasteiger partial charge in [-0.15, -0.1) is 5.54 Å². The molecule has 0 heterocycles. The maximum absolute atomic E-state index is 3.45. The van der Waals surface area contributed by atoms with Gasteiger partial charge in [-0.3, -0.25) is 0 Å². The van der Waals surface area contributed by atoms with E-state index in [1.807, 2.05) is 0 Å². The van der Waals surface area contributed by atoms with E-state index in [1.165, 1.54) is 32.3 Å². The number of hydrogen-bond acceptors (Lipinski definition) is 0. The zero-order valence-electron chi connectivity index (χ0n) is 14.4. The highest BCUT2D eigenvalue weighted by Crippen LogP contribution is 2.31. The molecule has 4 aromatic carbocycles. The molecule has 0 aliphatic heterocycles. The summed E-state index contributed by atoms with van der Waals surface area (Å²) in [6.07, 6.45) is 0. The summed E-state index contributed by atoms with van der Waals surface area (Å²) in [5.74, 6) is 3.37. The van der Waals surface area contributed by atoms with E-state index in [2.05, 4.69) is 97.8 Å². The van der Waals surface area contributed by atoms with Crippen LogP contribution >= 0.6 is 0 Å². The first-order valence-corrected chi connectivity index (χ1v) is 11.9. The van der Waals surface area contributed by atoms with Crippen molar-refractivity contribution >= 4 is 40.4 Å². The second kappa shape index (κ2) is 5.51. The minimum Gasteiger partial charge on any atom is -0.127 e. The van der Waals surface area contributed by atoms with Crippen LogP contribution in [-0.2, 0) is 0 Å². The largest absolute Gasteiger partial charge is 0.129 e. The molecule has 0 radical (unpaired) electrons. The van der Waals surface area contributed by atoms with Crippen LogP contribution in [0.15, 0.2) is 66.7 Å². The Kier molecular flexibility index (Phi) is 3.44. The molecule has 0 unspecified atom stereocenters. The van der Waals surface area contributed by atoms with Crippen LogP contribution in [0, 0.1) is 11.5 Å². The molecule has 0 spiro atoms. The molecule has 0 aliphatic carbocycles. The van der Waals surface area contributed by atoms with Crippen molar-refractivity contribution in [1.82, 2.24) is 0 Å². The van der Waals surface area contributed by atoms with Gasteiger partial charge in [-0.2, -0.15) is 0 Å². The topological polar surface area (TPSA) is 0 Å².